The molecule has 0 fully saturated rings. The lowest BCUT2D eigenvalue weighted by Gasteiger charge is -2.23. The molecule has 0 aromatic heterocycles. The molecule has 9 heteroatoms. The molecule has 2 aromatic carbocycles. The second kappa shape index (κ2) is 10.7. The molecule has 0 radical (unpaired) electrons. The molecule has 2 aromatic rings. The highest BCUT2D eigenvalue weighted by molar-refractivity contribution is 7.87. The van der Waals surface area contributed by atoms with E-state index >= 15 is 0 Å². The smallest absolute Gasteiger partial charge is 0.322 e. The Balaban J connectivity index is 2.05. The first-order valence-corrected chi connectivity index (χ1v) is 10.6. The Bertz CT molecular complexity index is 882. The highest BCUT2D eigenvalue weighted by Gasteiger charge is 2.15. The van der Waals surface area contributed by atoms with Crippen molar-refractivity contribution in [1.82, 2.24) is 4.90 Å². The number of nitrogens with one attached hydrogen (secondary N) is 1. The maximum absolute atomic E-state index is 12.7. The second-order valence-corrected chi connectivity index (χ2v) is 8.01. The Hall–Kier alpha value is -2.78. The fraction of sp³-hybridized carbons (Fsp3) is 0.350. The van der Waals surface area contributed by atoms with Crippen LogP contribution in [0.15, 0.2) is 48.5 Å². The minimum atomic E-state index is -3.57. The van der Waals surface area contributed by atoms with Crippen molar-refractivity contribution in [1.29, 1.82) is 0 Å². The number of hydrogen-bond acceptors (Lipinski definition) is 6. The van der Waals surface area contributed by atoms with Crippen LogP contribution in [-0.2, 0) is 21.4 Å². The fourth-order valence-electron chi connectivity index (χ4n) is 2.41. The average Bonchev–Trinajstić information content (AvgIpc) is 2.72. The van der Waals surface area contributed by atoms with E-state index in [1.54, 1.807) is 67.7 Å². The van der Waals surface area contributed by atoms with Crippen molar-refractivity contribution in [2.75, 3.05) is 38.4 Å². The van der Waals surface area contributed by atoms with Crippen LogP contribution in [0.3, 0.4) is 0 Å². The van der Waals surface area contributed by atoms with Gasteiger partial charge in [0.05, 0.1) is 19.5 Å². The van der Waals surface area contributed by atoms with Gasteiger partial charge in [0, 0.05) is 25.9 Å². The van der Waals surface area contributed by atoms with Gasteiger partial charge >= 0.3 is 16.1 Å². The predicted molar refractivity (Wildman–Crippen MR) is 111 cm³/mol. The summed E-state index contributed by atoms with van der Waals surface area (Å²) in [6.45, 7) is 2.61. The Labute approximate surface area is 171 Å². The van der Waals surface area contributed by atoms with Crippen molar-refractivity contribution in [3.63, 3.8) is 0 Å². The number of carbonyl (C=O) groups is 1. The topological polar surface area (TPSA) is 94.2 Å². The van der Waals surface area contributed by atoms with Crippen LogP contribution >= 0.6 is 0 Å². The molecule has 0 saturated carbocycles. The number of benzene rings is 2. The van der Waals surface area contributed by atoms with E-state index in [9.17, 15) is 13.2 Å². The molecule has 2 rings (SSSR count). The van der Waals surface area contributed by atoms with Gasteiger partial charge in [0.2, 0.25) is 0 Å². The molecule has 1 N–H and O–H groups in total. The van der Waals surface area contributed by atoms with Crippen molar-refractivity contribution in [3.05, 3.63) is 54.1 Å². The van der Waals surface area contributed by atoms with Gasteiger partial charge in [-0.3, -0.25) is 0 Å². The molecule has 2 amide bonds. The Kier molecular flexibility index (Phi) is 8.29. The molecule has 8 nitrogen and oxygen atoms in total. The summed E-state index contributed by atoms with van der Waals surface area (Å²) >= 11 is 0. The lowest BCUT2D eigenvalue weighted by Crippen LogP contribution is -2.36. The molecule has 158 valence electrons. The van der Waals surface area contributed by atoms with Gasteiger partial charge in [-0.1, -0.05) is 12.1 Å². The Morgan fingerprint density at radius 3 is 2.17 bits per heavy atom. The van der Waals surface area contributed by atoms with Crippen LogP contribution in [-0.4, -0.2) is 52.5 Å². The monoisotopic (exact) mass is 422 g/mol. The van der Waals surface area contributed by atoms with Gasteiger partial charge < -0.3 is 23.9 Å². The third-order valence-corrected chi connectivity index (χ3v) is 5.22. The first-order valence-electron chi connectivity index (χ1n) is 9.07. The number of rotatable bonds is 10. The minimum Gasteiger partial charge on any atom is -0.497 e. The van der Waals surface area contributed by atoms with Crippen LogP contribution in [0.25, 0.3) is 0 Å². The fourth-order valence-corrected chi connectivity index (χ4v) is 2.93. The SMILES string of the molecule is CCS(=O)(=O)Oc1ccc(CN(CCOC)C(=O)Nc2ccc(OC)cc2)cc1. The molecular weight excluding hydrogens is 396 g/mol. The maximum Gasteiger partial charge on any atom is 0.322 e. The third-order valence-electron chi connectivity index (χ3n) is 4.07. The summed E-state index contributed by atoms with van der Waals surface area (Å²) in [7, 11) is -0.427. The van der Waals surface area contributed by atoms with Crippen molar-refractivity contribution in [2.24, 2.45) is 0 Å². The van der Waals surface area contributed by atoms with Gasteiger partial charge in [-0.2, -0.15) is 8.42 Å². The summed E-state index contributed by atoms with van der Waals surface area (Å²) in [4.78, 5) is 14.3. The molecule has 0 aliphatic carbocycles. The van der Waals surface area contributed by atoms with E-state index in [4.69, 9.17) is 13.7 Å². The lowest BCUT2D eigenvalue weighted by molar-refractivity contribution is 0.153. The van der Waals surface area contributed by atoms with Gasteiger partial charge in [0.1, 0.15) is 11.5 Å². The van der Waals surface area contributed by atoms with E-state index in [0.29, 0.717) is 31.1 Å². The maximum atomic E-state index is 12.7. The minimum absolute atomic E-state index is 0.106. The molecule has 0 aliphatic heterocycles. The van der Waals surface area contributed by atoms with Crippen molar-refractivity contribution in [2.45, 2.75) is 13.5 Å². The molecular formula is C20H26N2O6S. The van der Waals surface area contributed by atoms with Gasteiger partial charge in [0.15, 0.2) is 0 Å². The number of urea groups is 1. The Morgan fingerprint density at radius 1 is 1.00 bits per heavy atom. The van der Waals surface area contributed by atoms with E-state index in [1.165, 1.54) is 6.92 Å². The first kappa shape index (κ1) is 22.5. The number of amides is 2. The number of carbonyl (C=O) groups excluding carboxylic acids is 1. The lowest BCUT2D eigenvalue weighted by atomic mass is 10.2. The van der Waals surface area contributed by atoms with Crippen LogP contribution in [0, 0.1) is 0 Å². The predicted octanol–water partition coefficient (Wildman–Crippen LogP) is 3.10. The zero-order valence-electron chi connectivity index (χ0n) is 16.8. The van der Waals surface area contributed by atoms with Crippen molar-refractivity contribution < 1.29 is 26.9 Å². The number of ether oxygens (including phenoxy) is 2. The molecule has 0 heterocycles. The molecule has 0 spiro atoms. The highest BCUT2D eigenvalue weighted by Crippen LogP contribution is 2.18. The number of nitrogens with zero attached hydrogens (tertiary/aromatic N) is 1. The van der Waals surface area contributed by atoms with Crippen LogP contribution in [0.5, 0.6) is 11.5 Å². The molecule has 0 aliphatic rings. The van der Waals surface area contributed by atoms with E-state index in [-0.39, 0.29) is 17.5 Å². The van der Waals surface area contributed by atoms with Crippen molar-refractivity contribution >= 4 is 21.8 Å². The van der Waals surface area contributed by atoms with Crippen LogP contribution in [0.4, 0.5) is 10.5 Å². The summed E-state index contributed by atoms with van der Waals surface area (Å²) in [6, 6.07) is 13.3. The van der Waals surface area contributed by atoms with Crippen molar-refractivity contribution in [3.8, 4) is 11.5 Å². The number of anilines is 1. The largest absolute Gasteiger partial charge is 0.497 e. The van der Waals surface area contributed by atoms with Crippen LogP contribution in [0.1, 0.15) is 12.5 Å². The number of hydrogen-bond donors (Lipinski definition) is 1. The average molecular weight is 423 g/mol. The Morgan fingerprint density at radius 2 is 1.62 bits per heavy atom. The zero-order chi connectivity index (χ0) is 21.3. The summed E-state index contributed by atoms with van der Waals surface area (Å²) in [5, 5.41) is 2.84. The molecule has 0 saturated heterocycles. The van der Waals surface area contributed by atoms with Gasteiger partial charge in [-0.25, -0.2) is 4.79 Å². The van der Waals surface area contributed by atoms with Crippen LogP contribution < -0.4 is 14.2 Å². The zero-order valence-corrected chi connectivity index (χ0v) is 17.6. The van der Waals surface area contributed by atoms with Gasteiger partial charge in [-0.05, 0) is 48.9 Å². The van der Waals surface area contributed by atoms with E-state index in [1.807, 2.05) is 0 Å². The van der Waals surface area contributed by atoms with Gasteiger partial charge in [-0.15, -0.1) is 0 Å². The summed E-state index contributed by atoms with van der Waals surface area (Å²) in [6.07, 6.45) is 0. The number of methoxy groups -OCH3 is 2. The van der Waals surface area contributed by atoms with Gasteiger partial charge in [0.25, 0.3) is 0 Å². The highest BCUT2D eigenvalue weighted by atomic mass is 32.2. The first-order chi connectivity index (χ1) is 13.9. The standard InChI is InChI=1S/C20H26N2O6S/c1-4-29(24,25)28-19-9-5-16(6-10-19)15-22(13-14-26-2)20(23)21-17-7-11-18(27-3)12-8-17/h5-12H,4,13-15H2,1-3H3,(H,21,23). The van der Waals surface area contributed by atoms with E-state index < -0.39 is 10.1 Å². The third kappa shape index (κ3) is 7.28. The molecule has 0 atom stereocenters. The molecule has 0 unspecified atom stereocenters. The summed E-state index contributed by atoms with van der Waals surface area (Å²) < 4.78 is 38.3. The normalized spacial score (nSPS) is 11.0. The summed E-state index contributed by atoms with van der Waals surface area (Å²) in [5.74, 6) is 0.832. The summed E-state index contributed by atoms with van der Waals surface area (Å²) in [5.41, 5.74) is 1.47. The molecule has 29 heavy (non-hydrogen) atoms. The second-order valence-electron chi connectivity index (χ2n) is 6.15. The van der Waals surface area contributed by atoms with Crippen LogP contribution in [0.2, 0.25) is 0 Å². The quantitative estimate of drug-likeness (QED) is 0.591. The van der Waals surface area contributed by atoms with E-state index in [2.05, 4.69) is 5.32 Å². The molecule has 0 bridgehead atoms. The van der Waals surface area contributed by atoms with E-state index in [0.717, 1.165) is 5.56 Å².